The van der Waals surface area contributed by atoms with Crippen LogP contribution in [-0.2, 0) is 6.54 Å². The van der Waals surface area contributed by atoms with E-state index in [0.29, 0.717) is 0 Å². The summed E-state index contributed by atoms with van der Waals surface area (Å²) in [6.07, 6.45) is 4.94. The third-order valence-corrected chi connectivity index (χ3v) is 4.02. The Morgan fingerprint density at radius 2 is 2.19 bits per heavy atom. The number of rotatable bonds is 6. The fraction of sp³-hybridized carbons (Fsp3) is 0.250. The Balaban J connectivity index is 1.80. The summed E-state index contributed by atoms with van der Waals surface area (Å²) in [5.74, 6) is 1.94. The van der Waals surface area contributed by atoms with Gasteiger partial charge in [-0.25, -0.2) is 9.97 Å². The lowest BCUT2D eigenvalue weighted by Crippen LogP contribution is -2.06. The van der Waals surface area contributed by atoms with Crippen molar-refractivity contribution < 1.29 is 0 Å². The van der Waals surface area contributed by atoms with Crippen LogP contribution >= 0.6 is 11.3 Å². The lowest BCUT2D eigenvalue weighted by Gasteiger charge is -2.09. The predicted octanol–water partition coefficient (Wildman–Crippen LogP) is 3.88. The molecule has 0 fully saturated rings. The number of pyridine rings is 1. The maximum atomic E-state index is 4.65. The van der Waals surface area contributed by atoms with Gasteiger partial charge >= 0.3 is 0 Å². The van der Waals surface area contributed by atoms with Crippen LogP contribution in [0.15, 0.2) is 48.1 Å². The summed E-state index contributed by atoms with van der Waals surface area (Å²) < 4.78 is 2.14. The minimum Gasteiger partial charge on any atom is -0.370 e. The lowest BCUT2D eigenvalue weighted by atomic mass is 10.3. The van der Waals surface area contributed by atoms with Crippen LogP contribution in [0.1, 0.15) is 19.0 Å². The molecule has 0 saturated heterocycles. The first-order chi connectivity index (χ1) is 10.4. The van der Waals surface area contributed by atoms with Gasteiger partial charge in [-0.1, -0.05) is 19.1 Å². The van der Waals surface area contributed by atoms with Crippen LogP contribution < -0.4 is 5.32 Å². The molecule has 0 saturated carbocycles. The van der Waals surface area contributed by atoms with E-state index >= 15 is 0 Å². The third-order valence-electron chi connectivity index (χ3n) is 3.15. The number of thiophene rings is 1. The van der Waals surface area contributed by atoms with E-state index in [0.717, 1.165) is 36.8 Å². The summed E-state index contributed by atoms with van der Waals surface area (Å²) >= 11 is 1.70. The zero-order valence-electron chi connectivity index (χ0n) is 12.0. The van der Waals surface area contributed by atoms with Crippen molar-refractivity contribution in [2.75, 3.05) is 11.9 Å². The Bertz CT molecular complexity index is 688. The molecule has 0 aliphatic heterocycles. The van der Waals surface area contributed by atoms with Gasteiger partial charge in [0.2, 0.25) is 0 Å². The quantitative estimate of drug-likeness (QED) is 0.751. The van der Waals surface area contributed by atoms with Gasteiger partial charge in [-0.15, -0.1) is 11.3 Å². The largest absolute Gasteiger partial charge is 0.370 e. The molecule has 3 heterocycles. The summed E-state index contributed by atoms with van der Waals surface area (Å²) in [5.41, 5.74) is 1.03. The van der Waals surface area contributed by atoms with Crippen molar-refractivity contribution in [1.29, 1.82) is 0 Å². The average Bonchev–Trinajstić information content (AvgIpc) is 3.16. The Kier molecular flexibility index (Phi) is 4.31. The standard InChI is InChI=1S/C16H18N4S/c1-2-8-17-15-7-3-5-13(19-15)12-20-10-9-18-16(20)14-6-4-11-21-14/h3-7,9-11H,2,8,12H2,1H3,(H,17,19). The van der Waals surface area contributed by atoms with Gasteiger partial charge in [0.05, 0.1) is 17.1 Å². The number of nitrogens with zero attached hydrogens (tertiary/aromatic N) is 3. The molecule has 0 unspecified atom stereocenters. The van der Waals surface area contributed by atoms with Gasteiger partial charge < -0.3 is 9.88 Å². The molecule has 0 aliphatic rings. The minimum absolute atomic E-state index is 0.731. The molecule has 3 rings (SSSR count). The second-order valence-corrected chi connectivity index (χ2v) is 5.74. The Morgan fingerprint density at radius 3 is 3.00 bits per heavy atom. The van der Waals surface area contributed by atoms with Crippen LogP contribution in [0.4, 0.5) is 5.82 Å². The van der Waals surface area contributed by atoms with Crippen LogP contribution in [-0.4, -0.2) is 21.1 Å². The van der Waals surface area contributed by atoms with Crippen molar-refractivity contribution in [3.8, 4) is 10.7 Å². The highest BCUT2D eigenvalue weighted by molar-refractivity contribution is 7.13. The summed E-state index contributed by atoms with van der Waals surface area (Å²) in [7, 11) is 0. The van der Waals surface area contributed by atoms with Crippen molar-refractivity contribution in [1.82, 2.24) is 14.5 Å². The van der Waals surface area contributed by atoms with E-state index in [1.807, 2.05) is 30.6 Å². The monoisotopic (exact) mass is 298 g/mol. The van der Waals surface area contributed by atoms with Crippen molar-refractivity contribution in [2.45, 2.75) is 19.9 Å². The van der Waals surface area contributed by atoms with Gasteiger partial charge in [-0.3, -0.25) is 0 Å². The van der Waals surface area contributed by atoms with Crippen LogP contribution in [0.3, 0.4) is 0 Å². The summed E-state index contributed by atoms with van der Waals surface area (Å²) in [6, 6.07) is 10.2. The maximum absolute atomic E-state index is 4.65. The number of anilines is 1. The number of imidazole rings is 1. The van der Waals surface area contributed by atoms with E-state index in [4.69, 9.17) is 0 Å². The van der Waals surface area contributed by atoms with Crippen molar-refractivity contribution >= 4 is 17.2 Å². The first-order valence-corrected chi connectivity index (χ1v) is 7.99. The minimum atomic E-state index is 0.731. The molecule has 21 heavy (non-hydrogen) atoms. The van der Waals surface area contributed by atoms with E-state index in [-0.39, 0.29) is 0 Å². The summed E-state index contributed by atoms with van der Waals surface area (Å²) in [6.45, 7) is 3.83. The molecule has 0 bridgehead atoms. The highest BCUT2D eigenvalue weighted by Crippen LogP contribution is 2.23. The van der Waals surface area contributed by atoms with E-state index in [9.17, 15) is 0 Å². The molecule has 0 spiro atoms. The van der Waals surface area contributed by atoms with Crippen molar-refractivity contribution in [3.05, 3.63) is 53.8 Å². The number of nitrogens with one attached hydrogen (secondary N) is 1. The van der Waals surface area contributed by atoms with Crippen LogP contribution in [0, 0.1) is 0 Å². The molecular weight excluding hydrogens is 280 g/mol. The van der Waals surface area contributed by atoms with Gasteiger partial charge in [0.15, 0.2) is 0 Å². The first kappa shape index (κ1) is 13.8. The molecule has 0 atom stereocenters. The summed E-state index contributed by atoms with van der Waals surface area (Å²) in [5, 5.41) is 5.39. The Morgan fingerprint density at radius 1 is 1.24 bits per heavy atom. The van der Waals surface area contributed by atoms with Gasteiger partial charge in [-0.2, -0.15) is 0 Å². The zero-order chi connectivity index (χ0) is 14.5. The van der Waals surface area contributed by atoms with Gasteiger partial charge in [0, 0.05) is 18.9 Å². The number of aromatic nitrogens is 3. The van der Waals surface area contributed by atoms with Gasteiger partial charge in [-0.05, 0) is 30.0 Å². The maximum Gasteiger partial charge on any atom is 0.150 e. The topological polar surface area (TPSA) is 42.7 Å². The highest BCUT2D eigenvalue weighted by atomic mass is 32.1. The number of hydrogen-bond acceptors (Lipinski definition) is 4. The van der Waals surface area contributed by atoms with Crippen molar-refractivity contribution in [3.63, 3.8) is 0 Å². The molecular formula is C16H18N4S. The average molecular weight is 298 g/mol. The van der Waals surface area contributed by atoms with Gasteiger partial charge in [0.25, 0.3) is 0 Å². The molecule has 4 nitrogen and oxygen atoms in total. The molecule has 0 amide bonds. The normalized spacial score (nSPS) is 10.7. The lowest BCUT2D eigenvalue weighted by molar-refractivity contribution is 0.783. The highest BCUT2D eigenvalue weighted by Gasteiger charge is 2.08. The molecule has 0 aromatic carbocycles. The molecule has 0 aliphatic carbocycles. The summed E-state index contributed by atoms with van der Waals surface area (Å²) in [4.78, 5) is 10.3. The van der Waals surface area contributed by atoms with Crippen LogP contribution in [0.5, 0.6) is 0 Å². The fourth-order valence-corrected chi connectivity index (χ4v) is 2.90. The van der Waals surface area contributed by atoms with E-state index in [1.165, 1.54) is 4.88 Å². The van der Waals surface area contributed by atoms with Crippen LogP contribution in [0.2, 0.25) is 0 Å². The Hall–Kier alpha value is -2.14. The molecule has 0 radical (unpaired) electrons. The molecule has 1 N–H and O–H groups in total. The molecule has 5 heteroatoms. The smallest absolute Gasteiger partial charge is 0.150 e. The van der Waals surface area contributed by atoms with E-state index < -0.39 is 0 Å². The van der Waals surface area contributed by atoms with Crippen LogP contribution in [0.25, 0.3) is 10.7 Å². The molecule has 108 valence electrons. The van der Waals surface area contributed by atoms with E-state index in [1.54, 1.807) is 11.3 Å². The second kappa shape index (κ2) is 6.54. The predicted molar refractivity (Wildman–Crippen MR) is 87.7 cm³/mol. The first-order valence-electron chi connectivity index (χ1n) is 7.11. The molecule has 3 aromatic heterocycles. The van der Waals surface area contributed by atoms with Crippen molar-refractivity contribution in [2.24, 2.45) is 0 Å². The number of hydrogen-bond donors (Lipinski definition) is 1. The SMILES string of the molecule is CCCNc1cccc(Cn2ccnc2-c2cccs2)n1. The zero-order valence-corrected chi connectivity index (χ0v) is 12.8. The molecule has 3 aromatic rings. The third kappa shape index (κ3) is 3.31. The fourth-order valence-electron chi connectivity index (χ4n) is 2.16. The Labute approximate surface area is 128 Å². The second-order valence-electron chi connectivity index (χ2n) is 4.80. The van der Waals surface area contributed by atoms with E-state index in [2.05, 4.69) is 44.3 Å². The van der Waals surface area contributed by atoms with Gasteiger partial charge in [0.1, 0.15) is 11.6 Å².